The molecule has 0 bridgehead atoms. The number of hydrogen-bond acceptors (Lipinski definition) is 7. The summed E-state index contributed by atoms with van der Waals surface area (Å²) in [5.74, 6) is 0.707. The Labute approximate surface area is 175 Å². The van der Waals surface area contributed by atoms with Crippen molar-refractivity contribution >= 4 is 17.3 Å². The van der Waals surface area contributed by atoms with Crippen LogP contribution in [-0.4, -0.2) is 47.1 Å². The average Bonchev–Trinajstić information content (AvgIpc) is 3.29. The summed E-state index contributed by atoms with van der Waals surface area (Å²) in [5.41, 5.74) is 15.8. The second-order valence-corrected chi connectivity index (χ2v) is 8.78. The van der Waals surface area contributed by atoms with E-state index < -0.39 is 0 Å². The van der Waals surface area contributed by atoms with Crippen LogP contribution < -0.4 is 21.9 Å². The second-order valence-electron chi connectivity index (χ2n) is 8.78. The lowest BCUT2D eigenvalue weighted by Crippen LogP contribution is -2.51. The van der Waals surface area contributed by atoms with E-state index >= 15 is 0 Å². The first-order chi connectivity index (χ1) is 14.4. The zero-order valence-electron chi connectivity index (χ0n) is 17.5. The Hall–Kier alpha value is -2.71. The highest BCUT2D eigenvalue weighted by molar-refractivity contribution is 6.15. The molecule has 1 aromatic carbocycles. The smallest absolute Gasteiger partial charge is 0.264 e. The van der Waals surface area contributed by atoms with E-state index in [4.69, 9.17) is 21.2 Å². The van der Waals surface area contributed by atoms with Gasteiger partial charge in [0.15, 0.2) is 0 Å². The first-order valence-electron chi connectivity index (χ1n) is 10.5. The van der Waals surface area contributed by atoms with Gasteiger partial charge >= 0.3 is 0 Å². The molecule has 1 spiro atoms. The number of nitrogens with two attached hydrogens (primary N) is 2. The molecular weight excluding hydrogens is 380 g/mol. The van der Waals surface area contributed by atoms with E-state index in [2.05, 4.69) is 16.8 Å². The van der Waals surface area contributed by atoms with Gasteiger partial charge in [-0.2, -0.15) is 0 Å². The number of nitrogens with zero attached hydrogens (tertiary/aromatic N) is 4. The zero-order valence-corrected chi connectivity index (χ0v) is 17.5. The van der Waals surface area contributed by atoms with Crippen LogP contribution in [0.3, 0.4) is 0 Å². The molecule has 1 aromatic heterocycles. The summed E-state index contributed by atoms with van der Waals surface area (Å²) >= 11 is 0. The van der Waals surface area contributed by atoms with E-state index in [1.807, 2.05) is 24.3 Å². The van der Waals surface area contributed by atoms with Gasteiger partial charge in [0.2, 0.25) is 5.95 Å². The Morgan fingerprint density at radius 1 is 1.27 bits per heavy atom. The predicted octanol–water partition coefficient (Wildman–Crippen LogP) is 1.05. The van der Waals surface area contributed by atoms with Crippen molar-refractivity contribution in [2.45, 2.75) is 38.5 Å². The van der Waals surface area contributed by atoms with Crippen molar-refractivity contribution in [3.05, 3.63) is 51.4 Å². The minimum absolute atomic E-state index is 0.0367. The summed E-state index contributed by atoms with van der Waals surface area (Å²) in [7, 11) is 1.79. The number of benzene rings is 1. The minimum atomic E-state index is -0.0662. The Morgan fingerprint density at radius 2 is 2.03 bits per heavy atom. The van der Waals surface area contributed by atoms with Crippen LogP contribution in [0, 0.1) is 5.41 Å². The molecule has 4 heterocycles. The Kier molecular flexibility index (Phi) is 4.44. The molecule has 8 nitrogen and oxygen atoms in total. The van der Waals surface area contributed by atoms with Crippen molar-refractivity contribution in [1.82, 2.24) is 9.55 Å². The van der Waals surface area contributed by atoms with Gasteiger partial charge in [-0.1, -0.05) is 12.1 Å². The van der Waals surface area contributed by atoms with Crippen LogP contribution in [0.1, 0.15) is 36.6 Å². The molecule has 2 fully saturated rings. The first-order valence-corrected chi connectivity index (χ1v) is 10.5. The Balaban J connectivity index is 1.43. The number of piperidine rings is 1. The van der Waals surface area contributed by atoms with Crippen molar-refractivity contribution in [1.29, 1.82) is 0 Å². The lowest BCUT2D eigenvalue weighted by molar-refractivity contribution is 0.0973. The largest absolute Gasteiger partial charge is 0.399 e. The topological polar surface area (TPSA) is 112 Å². The predicted molar refractivity (Wildman–Crippen MR) is 117 cm³/mol. The first kappa shape index (κ1) is 19.3. The van der Waals surface area contributed by atoms with Crippen LogP contribution in [0.15, 0.2) is 34.1 Å². The summed E-state index contributed by atoms with van der Waals surface area (Å²) in [5, 5.41) is 0. The van der Waals surface area contributed by atoms with Gasteiger partial charge in [0.25, 0.3) is 5.56 Å². The van der Waals surface area contributed by atoms with Crippen LogP contribution in [0.4, 0.5) is 11.6 Å². The molecule has 2 atom stereocenters. The van der Waals surface area contributed by atoms with Crippen LogP contribution in [0.5, 0.6) is 0 Å². The van der Waals surface area contributed by atoms with Crippen molar-refractivity contribution in [2.75, 3.05) is 30.3 Å². The van der Waals surface area contributed by atoms with Gasteiger partial charge in [-0.05, 0) is 31.9 Å². The van der Waals surface area contributed by atoms with Gasteiger partial charge in [0, 0.05) is 42.8 Å². The number of anilines is 2. The monoisotopic (exact) mass is 408 g/mol. The van der Waals surface area contributed by atoms with Crippen molar-refractivity contribution in [3.63, 3.8) is 0 Å². The standard InChI is InChI=1S/C22H28N6O2/c1-13-19(24)22(12-30-13)6-8-28(9-7-22)21-26-16-11-25-18(17(16)20(29)27(21)2)14-4-3-5-15(23)10-14/h3-5,10,13,19H,6-9,11-12,23-24H2,1-2H3/t13-,19+/m0/s1. The van der Waals surface area contributed by atoms with Gasteiger partial charge in [-0.25, -0.2) is 4.98 Å². The molecule has 4 N–H and O–H groups in total. The maximum absolute atomic E-state index is 13.3. The molecular formula is C22H28N6O2. The van der Waals surface area contributed by atoms with E-state index in [0.717, 1.165) is 43.8 Å². The quantitative estimate of drug-likeness (QED) is 0.719. The summed E-state index contributed by atoms with van der Waals surface area (Å²) in [6.07, 6.45) is 1.98. The van der Waals surface area contributed by atoms with E-state index in [9.17, 15) is 4.79 Å². The van der Waals surface area contributed by atoms with Crippen molar-refractivity contribution in [2.24, 2.45) is 23.2 Å². The van der Waals surface area contributed by atoms with Crippen LogP contribution in [0.25, 0.3) is 0 Å². The fourth-order valence-electron chi connectivity index (χ4n) is 5.05. The zero-order chi connectivity index (χ0) is 21.0. The third kappa shape index (κ3) is 2.86. The lowest BCUT2D eigenvalue weighted by Gasteiger charge is -2.41. The summed E-state index contributed by atoms with van der Waals surface area (Å²) < 4.78 is 7.48. The van der Waals surface area contributed by atoms with Gasteiger partial charge in [0.05, 0.1) is 36.2 Å². The molecule has 2 saturated heterocycles. The van der Waals surface area contributed by atoms with E-state index in [-0.39, 0.29) is 23.1 Å². The van der Waals surface area contributed by atoms with Crippen LogP contribution >= 0.6 is 0 Å². The normalized spacial score (nSPS) is 24.9. The van der Waals surface area contributed by atoms with Crippen LogP contribution in [0.2, 0.25) is 0 Å². The number of rotatable bonds is 2. The summed E-state index contributed by atoms with van der Waals surface area (Å²) in [6, 6.07) is 7.53. The number of aliphatic imine (C=N–C) groups is 1. The molecule has 158 valence electrons. The molecule has 0 radical (unpaired) electrons. The third-order valence-corrected chi connectivity index (χ3v) is 7.01. The van der Waals surface area contributed by atoms with Gasteiger partial charge in [-0.3, -0.25) is 14.4 Å². The molecule has 8 heteroatoms. The fourth-order valence-corrected chi connectivity index (χ4v) is 5.05. The Morgan fingerprint density at radius 3 is 2.70 bits per heavy atom. The van der Waals surface area contributed by atoms with Crippen molar-refractivity contribution in [3.8, 4) is 0 Å². The maximum atomic E-state index is 13.3. The number of aromatic nitrogens is 2. The number of hydrogen-bond donors (Lipinski definition) is 2. The molecule has 2 aromatic rings. The molecule has 30 heavy (non-hydrogen) atoms. The maximum Gasteiger partial charge on any atom is 0.264 e. The highest BCUT2D eigenvalue weighted by Crippen LogP contribution is 2.41. The number of ether oxygens (including phenoxy) is 1. The highest BCUT2D eigenvalue weighted by atomic mass is 16.5. The highest BCUT2D eigenvalue weighted by Gasteiger charge is 2.47. The SMILES string of the molecule is C[C@@H]1OCC2(CCN(c3nc4c(c(=O)n3C)C(c3cccc(N)c3)=NC4)CC2)[C@@H]1N. The van der Waals surface area contributed by atoms with Gasteiger partial charge in [0.1, 0.15) is 0 Å². The number of nitrogen functional groups attached to an aromatic ring is 1. The second kappa shape index (κ2) is 6.92. The lowest BCUT2D eigenvalue weighted by atomic mass is 9.73. The fraction of sp³-hybridized carbons (Fsp3) is 0.500. The van der Waals surface area contributed by atoms with E-state index in [1.165, 1.54) is 0 Å². The van der Waals surface area contributed by atoms with Crippen molar-refractivity contribution < 1.29 is 4.74 Å². The Bertz CT molecular complexity index is 1080. The van der Waals surface area contributed by atoms with E-state index in [1.54, 1.807) is 11.6 Å². The third-order valence-electron chi connectivity index (χ3n) is 7.01. The molecule has 3 aliphatic rings. The number of fused-ring (bicyclic) bond motifs is 1. The molecule has 0 saturated carbocycles. The van der Waals surface area contributed by atoms with Gasteiger partial charge < -0.3 is 21.1 Å². The van der Waals surface area contributed by atoms with Gasteiger partial charge in [-0.15, -0.1) is 0 Å². The molecule has 0 aliphatic carbocycles. The molecule has 5 rings (SSSR count). The minimum Gasteiger partial charge on any atom is -0.399 e. The van der Waals surface area contributed by atoms with Crippen LogP contribution in [-0.2, 0) is 18.3 Å². The molecule has 3 aliphatic heterocycles. The van der Waals surface area contributed by atoms with E-state index in [0.29, 0.717) is 29.5 Å². The molecule has 0 amide bonds. The summed E-state index contributed by atoms with van der Waals surface area (Å²) in [6.45, 7) is 4.81. The molecule has 0 unspecified atom stereocenters. The average molecular weight is 409 g/mol. The summed E-state index contributed by atoms with van der Waals surface area (Å²) in [4.78, 5) is 25.0.